The van der Waals surface area contributed by atoms with Gasteiger partial charge in [-0.05, 0) is 12.2 Å². The van der Waals surface area contributed by atoms with Crippen molar-refractivity contribution < 1.29 is 4.79 Å². The van der Waals surface area contributed by atoms with Gasteiger partial charge in [0.1, 0.15) is 0 Å². The number of thiol groups is 2. The van der Waals surface area contributed by atoms with E-state index in [1.807, 2.05) is 0 Å². The van der Waals surface area contributed by atoms with Crippen molar-refractivity contribution in [1.29, 1.82) is 0 Å². The van der Waals surface area contributed by atoms with Crippen molar-refractivity contribution in [2.24, 2.45) is 0 Å². The van der Waals surface area contributed by atoms with Crippen LogP contribution in [-0.2, 0) is 4.79 Å². The Balaban J connectivity index is 3.09. The highest BCUT2D eigenvalue weighted by atomic mass is 32.1. The largest absolute Gasteiger partial charge is 0.355 e. The van der Waals surface area contributed by atoms with E-state index >= 15 is 0 Å². The summed E-state index contributed by atoms with van der Waals surface area (Å²) in [6, 6.07) is 0. The van der Waals surface area contributed by atoms with Crippen molar-refractivity contribution in [3.8, 4) is 0 Å². The molecule has 0 saturated heterocycles. The van der Waals surface area contributed by atoms with E-state index in [4.69, 9.17) is 0 Å². The zero-order valence-electron chi connectivity index (χ0n) is 5.84. The van der Waals surface area contributed by atoms with Gasteiger partial charge in [-0.2, -0.15) is 25.3 Å². The summed E-state index contributed by atoms with van der Waals surface area (Å²) in [6.07, 6.45) is 1.43. The molecule has 0 heterocycles. The van der Waals surface area contributed by atoms with Gasteiger partial charge >= 0.3 is 0 Å². The van der Waals surface area contributed by atoms with Gasteiger partial charge in [0, 0.05) is 18.7 Å². The summed E-state index contributed by atoms with van der Waals surface area (Å²) >= 11 is 7.95. The third kappa shape index (κ3) is 6.29. The van der Waals surface area contributed by atoms with E-state index in [1.165, 1.54) is 0 Å². The molecule has 0 aliphatic rings. The summed E-state index contributed by atoms with van der Waals surface area (Å²) in [5, 5.41) is 2.72. The lowest BCUT2D eigenvalue weighted by atomic mass is 10.3. The first kappa shape index (κ1) is 10.2. The normalized spacial score (nSPS) is 9.40. The highest BCUT2D eigenvalue weighted by Crippen LogP contribution is 1.90. The standard InChI is InChI=1S/C6H13NOS2/c8-6(2-1-4-9)7-3-5-10/h9-10H,1-5H2,(H,7,8). The summed E-state index contributed by atoms with van der Waals surface area (Å²) in [4.78, 5) is 10.8. The van der Waals surface area contributed by atoms with Gasteiger partial charge in [0.2, 0.25) is 5.91 Å². The van der Waals surface area contributed by atoms with Crippen molar-refractivity contribution in [3.63, 3.8) is 0 Å². The Hall–Kier alpha value is 0.170. The van der Waals surface area contributed by atoms with E-state index in [-0.39, 0.29) is 5.91 Å². The first-order valence-corrected chi connectivity index (χ1v) is 4.56. The second-order valence-electron chi connectivity index (χ2n) is 1.90. The zero-order chi connectivity index (χ0) is 7.82. The van der Waals surface area contributed by atoms with E-state index in [2.05, 4.69) is 30.6 Å². The zero-order valence-corrected chi connectivity index (χ0v) is 7.63. The molecule has 60 valence electrons. The molecule has 1 N–H and O–H groups in total. The van der Waals surface area contributed by atoms with Gasteiger partial charge in [0.05, 0.1) is 0 Å². The van der Waals surface area contributed by atoms with Gasteiger partial charge in [-0.15, -0.1) is 0 Å². The predicted molar refractivity (Wildman–Crippen MR) is 49.9 cm³/mol. The summed E-state index contributed by atoms with van der Waals surface area (Å²) < 4.78 is 0. The van der Waals surface area contributed by atoms with Crippen LogP contribution in [-0.4, -0.2) is 24.0 Å². The Morgan fingerprint density at radius 1 is 1.30 bits per heavy atom. The van der Waals surface area contributed by atoms with Crippen LogP contribution in [0.4, 0.5) is 0 Å². The molecular weight excluding hydrogens is 166 g/mol. The van der Waals surface area contributed by atoms with Crippen LogP contribution in [0.3, 0.4) is 0 Å². The SMILES string of the molecule is O=C(CCCS)NCCS. The maximum Gasteiger partial charge on any atom is 0.220 e. The molecule has 10 heavy (non-hydrogen) atoms. The minimum absolute atomic E-state index is 0.100. The molecule has 0 aromatic heterocycles. The lowest BCUT2D eigenvalue weighted by Gasteiger charge is -2.00. The van der Waals surface area contributed by atoms with E-state index < -0.39 is 0 Å². The van der Waals surface area contributed by atoms with Crippen LogP contribution < -0.4 is 5.32 Å². The Morgan fingerprint density at radius 3 is 2.50 bits per heavy atom. The maximum absolute atomic E-state index is 10.8. The molecular formula is C6H13NOS2. The third-order valence-electron chi connectivity index (χ3n) is 0.996. The molecule has 4 heteroatoms. The Bertz CT molecular complexity index is 87.7. The number of hydrogen-bond acceptors (Lipinski definition) is 3. The molecule has 1 amide bonds. The molecule has 2 nitrogen and oxygen atoms in total. The van der Waals surface area contributed by atoms with Crippen molar-refractivity contribution in [3.05, 3.63) is 0 Å². The second kappa shape index (κ2) is 7.28. The monoisotopic (exact) mass is 179 g/mol. The molecule has 0 rings (SSSR count). The summed E-state index contributed by atoms with van der Waals surface area (Å²) in [7, 11) is 0. The minimum atomic E-state index is 0.100. The van der Waals surface area contributed by atoms with Crippen LogP contribution in [0.1, 0.15) is 12.8 Å². The molecule has 0 unspecified atom stereocenters. The number of nitrogens with one attached hydrogen (secondary N) is 1. The first-order valence-electron chi connectivity index (χ1n) is 3.29. The summed E-state index contributed by atoms with van der Waals surface area (Å²) in [6.45, 7) is 0.661. The van der Waals surface area contributed by atoms with E-state index in [0.717, 1.165) is 12.2 Å². The van der Waals surface area contributed by atoms with Crippen molar-refractivity contribution in [2.75, 3.05) is 18.1 Å². The fraction of sp³-hybridized carbons (Fsp3) is 0.833. The van der Waals surface area contributed by atoms with Crippen molar-refractivity contribution in [2.45, 2.75) is 12.8 Å². The fourth-order valence-corrected chi connectivity index (χ4v) is 0.793. The van der Waals surface area contributed by atoms with Crippen molar-refractivity contribution in [1.82, 2.24) is 5.32 Å². The second-order valence-corrected chi connectivity index (χ2v) is 2.80. The predicted octanol–water partition coefficient (Wildman–Crippen LogP) is 0.742. The number of hydrogen-bond donors (Lipinski definition) is 3. The summed E-state index contributed by atoms with van der Waals surface area (Å²) in [5.74, 6) is 1.57. The topological polar surface area (TPSA) is 29.1 Å². The van der Waals surface area contributed by atoms with Crippen LogP contribution in [0.2, 0.25) is 0 Å². The Morgan fingerprint density at radius 2 is 2.00 bits per heavy atom. The van der Waals surface area contributed by atoms with Gasteiger partial charge in [0.25, 0.3) is 0 Å². The third-order valence-corrected chi connectivity index (χ3v) is 1.54. The quantitative estimate of drug-likeness (QED) is 0.534. The highest BCUT2D eigenvalue weighted by molar-refractivity contribution is 7.80. The highest BCUT2D eigenvalue weighted by Gasteiger charge is 1.96. The molecule has 0 aliphatic carbocycles. The average Bonchev–Trinajstić information content (AvgIpc) is 1.97. The molecule has 0 fully saturated rings. The van der Waals surface area contributed by atoms with Crippen LogP contribution >= 0.6 is 25.3 Å². The van der Waals surface area contributed by atoms with Crippen LogP contribution in [0.25, 0.3) is 0 Å². The molecule has 0 aromatic carbocycles. The van der Waals surface area contributed by atoms with E-state index in [1.54, 1.807) is 0 Å². The molecule has 0 aromatic rings. The van der Waals surface area contributed by atoms with E-state index in [0.29, 0.717) is 18.7 Å². The van der Waals surface area contributed by atoms with Crippen molar-refractivity contribution >= 4 is 31.2 Å². The average molecular weight is 179 g/mol. The molecule has 0 atom stereocenters. The lowest BCUT2D eigenvalue weighted by molar-refractivity contribution is -0.120. The number of rotatable bonds is 5. The van der Waals surface area contributed by atoms with E-state index in [9.17, 15) is 4.79 Å². The van der Waals surface area contributed by atoms with Crippen LogP contribution in [0, 0.1) is 0 Å². The molecule has 0 radical (unpaired) electrons. The maximum atomic E-state index is 10.8. The van der Waals surface area contributed by atoms with Gasteiger partial charge < -0.3 is 5.32 Å². The van der Waals surface area contributed by atoms with Gasteiger partial charge in [0.15, 0.2) is 0 Å². The first-order chi connectivity index (χ1) is 4.81. The van der Waals surface area contributed by atoms with Gasteiger partial charge in [-0.1, -0.05) is 0 Å². The number of carbonyl (C=O) groups is 1. The Labute approximate surface area is 72.6 Å². The Kier molecular flexibility index (Phi) is 7.40. The van der Waals surface area contributed by atoms with Crippen LogP contribution in [0.15, 0.2) is 0 Å². The molecule has 0 bridgehead atoms. The van der Waals surface area contributed by atoms with Gasteiger partial charge in [-0.3, -0.25) is 4.79 Å². The molecule has 0 saturated carbocycles. The fourth-order valence-electron chi connectivity index (χ4n) is 0.523. The summed E-state index contributed by atoms with van der Waals surface area (Å²) in [5.41, 5.74) is 0. The van der Waals surface area contributed by atoms with Gasteiger partial charge in [-0.25, -0.2) is 0 Å². The number of amides is 1. The molecule has 0 spiro atoms. The molecule has 0 aliphatic heterocycles. The smallest absolute Gasteiger partial charge is 0.220 e. The number of carbonyl (C=O) groups excluding carboxylic acids is 1. The van der Waals surface area contributed by atoms with Crippen LogP contribution in [0.5, 0.6) is 0 Å². The lowest BCUT2D eigenvalue weighted by Crippen LogP contribution is -2.24. The minimum Gasteiger partial charge on any atom is -0.355 e.